The number of phenolic OH excluding ortho intramolecular Hbond substituents is 2. The molecule has 2 atom stereocenters. The van der Waals surface area contributed by atoms with Crippen LogP contribution in [0, 0.1) is 5.82 Å². The minimum absolute atomic E-state index is 0.0838. The van der Waals surface area contributed by atoms with Gasteiger partial charge in [0.2, 0.25) is 0 Å². The molecule has 4 rings (SSSR count). The Morgan fingerprint density at radius 2 is 2.08 bits per heavy atom. The molecule has 2 aromatic rings. The van der Waals surface area contributed by atoms with Crippen molar-refractivity contribution in [3.05, 3.63) is 45.9 Å². The number of nitrogens with one attached hydrogen (secondary N) is 2. The summed E-state index contributed by atoms with van der Waals surface area (Å²) in [6.07, 6.45) is 0. The number of aromatic hydroxyl groups is 2. The number of nitrogens with two attached hydrogens (primary N) is 1. The molecule has 1 aromatic carbocycles. The number of carbonyl (C=O) groups excluding carboxylic acids is 3. The highest BCUT2D eigenvalue weighted by molar-refractivity contribution is 8.00. The van der Waals surface area contributed by atoms with Crippen molar-refractivity contribution in [2.24, 2.45) is 5.16 Å². The number of rotatable bonds is 9. The van der Waals surface area contributed by atoms with Gasteiger partial charge in [-0.2, -0.15) is 0 Å². The average molecular weight is 581 g/mol. The molecule has 17 heteroatoms. The van der Waals surface area contributed by atoms with E-state index >= 15 is 0 Å². The van der Waals surface area contributed by atoms with Crippen LogP contribution in [0.1, 0.15) is 23.0 Å². The lowest BCUT2D eigenvalue weighted by molar-refractivity contribution is -0.150. The maximum Gasteiger partial charge on any atom is 0.352 e. The number of benzene rings is 1. The lowest BCUT2D eigenvalue weighted by atomic mass is 10.0. The van der Waals surface area contributed by atoms with Crippen molar-refractivity contribution >= 4 is 57.6 Å². The summed E-state index contributed by atoms with van der Waals surface area (Å²) >= 11 is 2.24. The van der Waals surface area contributed by atoms with E-state index in [1.54, 1.807) is 6.92 Å². The highest BCUT2D eigenvalue weighted by Crippen LogP contribution is 2.40. The summed E-state index contributed by atoms with van der Waals surface area (Å²) in [5.74, 6) is -6.72. The van der Waals surface area contributed by atoms with Gasteiger partial charge in [0.15, 0.2) is 28.2 Å². The topological polar surface area (TPSA) is 217 Å². The molecule has 3 heterocycles. The van der Waals surface area contributed by atoms with Crippen molar-refractivity contribution in [3.8, 4) is 11.5 Å². The van der Waals surface area contributed by atoms with Gasteiger partial charge in [0.05, 0.1) is 0 Å². The number of fused-ring (bicyclic) bond motifs is 1. The summed E-state index contributed by atoms with van der Waals surface area (Å²) in [7, 11) is 0. The normalized spacial score (nSPS) is 18.8. The van der Waals surface area contributed by atoms with Gasteiger partial charge in [-0.25, -0.2) is 14.2 Å². The summed E-state index contributed by atoms with van der Waals surface area (Å²) in [6.45, 7) is 1.52. The molecular weight excluding hydrogens is 559 g/mol. The Kier molecular flexibility index (Phi) is 7.91. The molecule has 1 aromatic heterocycles. The molecule has 1 fully saturated rings. The molecule has 14 nitrogen and oxygen atoms in total. The minimum Gasteiger partial charge on any atom is -0.504 e. The molecule has 2 aliphatic heterocycles. The average Bonchev–Trinajstić information content (AvgIpc) is 3.33. The standard InChI is InChI=1S/C22H21FN6O8S2/c1-2-37-28-13(11-7-39-22(24)26-11)18(33)27-14-19(34)29-15(21(35)36)9(6-38-20(14)29)5-25-17(32)8-3-10(23)16(31)12(30)4-8/h3-4,7,14,20,30-31H,2,5-6H2,1H3,(H2,24,26)(H,25,32)(H,27,33)(H,35,36)/b28-13-/t14-,20-/m1/s1. The third kappa shape index (κ3) is 5.44. The van der Waals surface area contributed by atoms with E-state index in [0.717, 1.165) is 34.1 Å². The van der Waals surface area contributed by atoms with Crippen LogP contribution in [0.25, 0.3) is 0 Å². The Labute approximate surface area is 227 Å². The fraction of sp³-hybridized carbons (Fsp3) is 0.273. The van der Waals surface area contributed by atoms with E-state index in [4.69, 9.17) is 10.6 Å². The summed E-state index contributed by atoms with van der Waals surface area (Å²) < 4.78 is 13.7. The van der Waals surface area contributed by atoms with Crippen molar-refractivity contribution in [1.29, 1.82) is 0 Å². The molecule has 1 saturated heterocycles. The lowest BCUT2D eigenvalue weighted by Gasteiger charge is -2.49. The third-order valence-electron chi connectivity index (χ3n) is 5.57. The maximum atomic E-state index is 13.7. The first-order valence-electron chi connectivity index (χ1n) is 11.1. The number of halogens is 1. The Morgan fingerprint density at radius 3 is 2.69 bits per heavy atom. The van der Waals surface area contributed by atoms with Gasteiger partial charge >= 0.3 is 5.97 Å². The van der Waals surface area contributed by atoms with Crippen LogP contribution in [-0.4, -0.2) is 84.9 Å². The number of nitrogens with zero attached hydrogens (tertiary/aromatic N) is 3. The van der Waals surface area contributed by atoms with Crippen molar-refractivity contribution < 1.29 is 43.7 Å². The van der Waals surface area contributed by atoms with Gasteiger partial charge in [0.1, 0.15) is 29.4 Å². The number of oxime groups is 1. The highest BCUT2D eigenvalue weighted by Gasteiger charge is 2.54. The Hall–Kier alpha value is -4.38. The van der Waals surface area contributed by atoms with Crippen LogP contribution >= 0.6 is 23.1 Å². The van der Waals surface area contributed by atoms with Crippen LogP contribution in [0.4, 0.5) is 9.52 Å². The molecule has 2 aliphatic rings. The number of thioether (sulfide) groups is 1. The second kappa shape index (κ2) is 11.2. The zero-order valence-electron chi connectivity index (χ0n) is 20.0. The van der Waals surface area contributed by atoms with Gasteiger partial charge in [-0.15, -0.1) is 23.1 Å². The maximum absolute atomic E-state index is 13.7. The van der Waals surface area contributed by atoms with E-state index in [0.29, 0.717) is 6.07 Å². The number of thiazole rings is 1. The number of anilines is 1. The zero-order valence-corrected chi connectivity index (χ0v) is 21.6. The SMILES string of the molecule is CCO/N=C(\C(=O)N[C@@H]1C(=O)N2C(C(=O)O)=C(CNC(=O)c3cc(O)c(O)c(F)c3)CS[C@H]12)c1csc(N)n1. The van der Waals surface area contributed by atoms with E-state index in [9.17, 15) is 38.9 Å². The van der Waals surface area contributed by atoms with Crippen molar-refractivity contribution in [2.75, 3.05) is 24.6 Å². The van der Waals surface area contributed by atoms with E-state index in [2.05, 4.69) is 20.8 Å². The van der Waals surface area contributed by atoms with Gasteiger partial charge in [-0.05, 0) is 24.6 Å². The Morgan fingerprint density at radius 1 is 1.33 bits per heavy atom. The molecule has 0 spiro atoms. The van der Waals surface area contributed by atoms with Crippen LogP contribution in [0.2, 0.25) is 0 Å². The molecule has 0 unspecified atom stereocenters. The highest BCUT2D eigenvalue weighted by atomic mass is 32.2. The zero-order chi connectivity index (χ0) is 28.4. The van der Waals surface area contributed by atoms with Crippen LogP contribution in [-0.2, 0) is 19.2 Å². The number of carbonyl (C=O) groups is 4. The number of hydrogen-bond acceptors (Lipinski definition) is 12. The molecular formula is C22H21FN6O8S2. The Balaban J connectivity index is 1.48. The van der Waals surface area contributed by atoms with Crippen molar-refractivity contribution in [3.63, 3.8) is 0 Å². The first-order chi connectivity index (χ1) is 18.5. The van der Waals surface area contributed by atoms with E-state index in [1.807, 2.05) is 0 Å². The lowest BCUT2D eigenvalue weighted by Crippen LogP contribution is -2.71. The first-order valence-corrected chi connectivity index (χ1v) is 13.1. The van der Waals surface area contributed by atoms with Gasteiger partial charge in [0, 0.05) is 23.2 Å². The Bertz CT molecular complexity index is 1400. The third-order valence-corrected chi connectivity index (χ3v) is 7.58. The van der Waals surface area contributed by atoms with Gasteiger partial charge < -0.3 is 36.5 Å². The molecule has 0 aliphatic carbocycles. The number of phenols is 2. The van der Waals surface area contributed by atoms with E-state index in [-0.39, 0.29) is 52.3 Å². The number of β-lactam (4-membered cyclic amide) rings is 1. The predicted octanol–water partition coefficient (Wildman–Crippen LogP) is 0.185. The largest absolute Gasteiger partial charge is 0.504 e. The number of hydrogen-bond donors (Lipinski definition) is 6. The second-order valence-corrected chi connectivity index (χ2v) is 10.1. The quantitative estimate of drug-likeness (QED) is 0.102. The summed E-state index contributed by atoms with van der Waals surface area (Å²) in [5.41, 5.74) is 5.11. The van der Waals surface area contributed by atoms with Gasteiger partial charge in [-0.1, -0.05) is 5.16 Å². The fourth-order valence-electron chi connectivity index (χ4n) is 3.76. The number of aromatic nitrogens is 1. The van der Waals surface area contributed by atoms with Crippen LogP contribution in [0.3, 0.4) is 0 Å². The molecule has 0 bridgehead atoms. The van der Waals surface area contributed by atoms with Crippen LogP contribution in [0.5, 0.6) is 11.5 Å². The number of aliphatic carboxylic acids is 1. The minimum atomic E-state index is -1.42. The molecule has 39 heavy (non-hydrogen) atoms. The molecule has 7 N–H and O–H groups in total. The van der Waals surface area contributed by atoms with Crippen molar-refractivity contribution in [2.45, 2.75) is 18.3 Å². The number of carboxylic acids is 1. The monoisotopic (exact) mass is 580 g/mol. The van der Waals surface area contributed by atoms with Crippen LogP contribution < -0.4 is 16.4 Å². The van der Waals surface area contributed by atoms with Gasteiger partial charge in [-0.3, -0.25) is 19.3 Å². The number of nitrogen functional groups attached to an aromatic ring is 1. The smallest absolute Gasteiger partial charge is 0.352 e. The molecule has 0 saturated carbocycles. The van der Waals surface area contributed by atoms with Crippen molar-refractivity contribution in [1.82, 2.24) is 20.5 Å². The first kappa shape index (κ1) is 27.6. The fourth-order valence-corrected chi connectivity index (χ4v) is 5.66. The van der Waals surface area contributed by atoms with Gasteiger partial charge in [0.25, 0.3) is 17.7 Å². The molecule has 0 radical (unpaired) electrons. The van der Waals surface area contributed by atoms with Crippen LogP contribution in [0.15, 0.2) is 33.9 Å². The number of amides is 3. The predicted molar refractivity (Wildman–Crippen MR) is 136 cm³/mol. The summed E-state index contributed by atoms with van der Waals surface area (Å²) in [5, 5.41) is 38.3. The molecule has 3 amide bonds. The second-order valence-electron chi connectivity index (χ2n) is 8.06. The summed E-state index contributed by atoms with van der Waals surface area (Å²) in [4.78, 5) is 60.4. The van der Waals surface area contributed by atoms with E-state index in [1.165, 1.54) is 5.38 Å². The van der Waals surface area contributed by atoms with E-state index < -0.39 is 52.4 Å². The number of carboxylic acid groups (broad SMARTS) is 1. The summed E-state index contributed by atoms with van der Waals surface area (Å²) in [6, 6.07) is 0.484. The molecule has 206 valence electrons.